The Labute approximate surface area is 129 Å². The van der Waals surface area contributed by atoms with Gasteiger partial charge in [-0.15, -0.1) is 0 Å². The van der Waals surface area contributed by atoms with Crippen molar-refractivity contribution < 1.29 is 9.90 Å². The van der Waals surface area contributed by atoms with Crippen molar-refractivity contribution in [2.24, 2.45) is 5.92 Å². The van der Waals surface area contributed by atoms with Crippen LogP contribution < -0.4 is 5.32 Å². The molecule has 20 heavy (non-hydrogen) atoms. The third-order valence-corrected chi connectivity index (χ3v) is 3.54. The van der Waals surface area contributed by atoms with E-state index in [0.717, 1.165) is 12.8 Å². The Kier molecular flexibility index (Phi) is 7.67. The van der Waals surface area contributed by atoms with Gasteiger partial charge in [0.25, 0.3) is 0 Å². The number of hydrogen-bond donors (Lipinski definition) is 2. The zero-order valence-corrected chi connectivity index (χ0v) is 12.9. The zero-order valence-electron chi connectivity index (χ0n) is 11.4. The fourth-order valence-corrected chi connectivity index (χ4v) is 2.16. The Balaban J connectivity index is 2.40. The highest BCUT2D eigenvalue weighted by molar-refractivity contribution is 6.37. The zero-order chi connectivity index (χ0) is 15.0. The van der Waals surface area contributed by atoms with Crippen molar-refractivity contribution in [1.29, 1.82) is 0 Å². The number of aliphatic hydroxyl groups excluding tert-OH is 1. The summed E-state index contributed by atoms with van der Waals surface area (Å²) in [5, 5.41) is 12.7. The van der Waals surface area contributed by atoms with Crippen molar-refractivity contribution in [1.82, 2.24) is 5.32 Å². The van der Waals surface area contributed by atoms with E-state index in [0.29, 0.717) is 22.2 Å². The van der Waals surface area contributed by atoms with Crippen LogP contribution in [0.4, 0.5) is 0 Å². The summed E-state index contributed by atoms with van der Waals surface area (Å²) in [6, 6.07) is 5.20. The predicted octanol–water partition coefficient (Wildman–Crippen LogP) is 3.53. The molecule has 0 fully saturated rings. The molecule has 1 amide bonds. The molecule has 0 aliphatic rings. The van der Waals surface area contributed by atoms with Crippen LogP contribution in [0.25, 0.3) is 6.08 Å². The van der Waals surface area contributed by atoms with Crippen molar-refractivity contribution in [3.8, 4) is 0 Å². The molecule has 3 nitrogen and oxygen atoms in total. The van der Waals surface area contributed by atoms with Gasteiger partial charge in [0, 0.05) is 34.8 Å². The van der Waals surface area contributed by atoms with Crippen LogP contribution in [0.2, 0.25) is 10.0 Å². The Morgan fingerprint density at radius 3 is 2.65 bits per heavy atom. The van der Waals surface area contributed by atoms with E-state index in [-0.39, 0.29) is 18.4 Å². The van der Waals surface area contributed by atoms with Gasteiger partial charge < -0.3 is 10.4 Å². The minimum Gasteiger partial charge on any atom is -0.396 e. The topological polar surface area (TPSA) is 49.3 Å². The number of hydrogen-bond acceptors (Lipinski definition) is 2. The van der Waals surface area contributed by atoms with Crippen molar-refractivity contribution in [3.05, 3.63) is 39.9 Å². The molecule has 0 spiro atoms. The molecule has 110 valence electrons. The van der Waals surface area contributed by atoms with E-state index in [4.69, 9.17) is 28.3 Å². The Hall–Kier alpha value is -1.03. The second kappa shape index (κ2) is 9.01. The van der Waals surface area contributed by atoms with E-state index < -0.39 is 0 Å². The molecule has 0 radical (unpaired) electrons. The maximum atomic E-state index is 11.6. The predicted molar refractivity (Wildman–Crippen MR) is 84.0 cm³/mol. The smallest absolute Gasteiger partial charge is 0.244 e. The van der Waals surface area contributed by atoms with Gasteiger partial charge in [-0.05, 0) is 37.0 Å². The fraction of sp³-hybridized carbons (Fsp3) is 0.400. The first kappa shape index (κ1) is 17.0. The van der Waals surface area contributed by atoms with Crippen LogP contribution in [-0.4, -0.2) is 24.2 Å². The van der Waals surface area contributed by atoms with Crippen molar-refractivity contribution in [2.75, 3.05) is 13.2 Å². The quantitative estimate of drug-likeness (QED) is 0.597. The lowest BCUT2D eigenvalue weighted by Gasteiger charge is -2.07. The Bertz CT molecular complexity index is 455. The highest BCUT2D eigenvalue weighted by Crippen LogP contribution is 2.25. The molecule has 0 aromatic heterocycles. The third kappa shape index (κ3) is 5.95. The maximum absolute atomic E-state index is 11.6. The molecule has 1 rings (SSSR count). The summed E-state index contributed by atoms with van der Waals surface area (Å²) < 4.78 is 0. The summed E-state index contributed by atoms with van der Waals surface area (Å²) in [5.41, 5.74) is 0.639. The minimum absolute atomic E-state index is 0.179. The van der Waals surface area contributed by atoms with E-state index in [1.54, 1.807) is 24.3 Å². The summed E-state index contributed by atoms with van der Waals surface area (Å²) >= 11 is 12.0. The summed E-state index contributed by atoms with van der Waals surface area (Å²) in [6.45, 7) is 2.74. The van der Waals surface area contributed by atoms with E-state index >= 15 is 0 Å². The Morgan fingerprint density at radius 2 is 2.05 bits per heavy atom. The second-order valence-electron chi connectivity index (χ2n) is 4.69. The van der Waals surface area contributed by atoms with Gasteiger partial charge in [-0.2, -0.15) is 0 Å². The molecule has 0 saturated carbocycles. The van der Waals surface area contributed by atoms with Crippen LogP contribution in [0, 0.1) is 5.92 Å². The van der Waals surface area contributed by atoms with Crippen LogP contribution in [0.5, 0.6) is 0 Å². The lowest BCUT2D eigenvalue weighted by atomic mass is 10.1. The molecule has 1 aromatic rings. The molecule has 0 heterocycles. The average molecular weight is 316 g/mol. The molecular weight excluding hydrogens is 297 g/mol. The highest BCUT2D eigenvalue weighted by Gasteiger charge is 2.03. The first-order chi connectivity index (χ1) is 9.54. The number of benzene rings is 1. The van der Waals surface area contributed by atoms with Crippen molar-refractivity contribution in [3.63, 3.8) is 0 Å². The van der Waals surface area contributed by atoms with Crippen LogP contribution in [0.3, 0.4) is 0 Å². The van der Waals surface area contributed by atoms with Crippen LogP contribution >= 0.6 is 23.2 Å². The molecule has 1 atom stereocenters. The highest BCUT2D eigenvalue weighted by atomic mass is 35.5. The number of rotatable bonds is 7. The maximum Gasteiger partial charge on any atom is 0.244 e. The van der Waals surface area contributed by atoms with Crippen LogP contribution in [0.1, 0.15) is 25.3 Å². The molecule has 0 aliphatic carbocycles. The number of halogens is 2. The van der Waals surface area contributed by atoms with Gasteiger partial charge >= 0.3 is 0 Å². The largest absolute Gasteiger partial charge is 0.396 e. The fourth-order valence-electron chi connectivity index (χ4n) is 1.64. The number of nitrogens with one attached hydrogen (secondary N) is 1. The number of carbonyl (C=O) groups excluding carboxylic acids is 1. The van der Waals surface area contributed by atoms with E-state index in [1.165, 1.54) is 6.08 Å². The number of aliphatic hydroxyl groups is 1. The van der Waals surface area contributed by atoms with E-state index in [1.807, 2.05) is 6.92 Å². The number of carbonyl (C=O) groups is 1. The van der Waals surface area contributed by atoms with Crippen LogP contribution in [0.15, 0.2) is 24.3 Å². The molecule has 2 N–H and O–H groups in total. The van der Waals surface area contributed by atoms with Crippen molar-refractivity contribution >= 4 is 35.2 Å². The SMILES string of the molecule is CC(CO)CCCNC(=O)/C=C/c1c(Cl)cccc1Cl. The van der Waals surface area contributed by atoms with Gasteiger partial charge in [-0.1, -0.05) is 36.2 Å². The first-order valence-electron chi connectivity index (χ1n) is 6.55. The lowest BCUT2D eigenvalue weighted by Crippen LogP contribution is -2.22. The summed E-state index contributed by atoms with van der Waals surface area (Å²) in [5.74, 6) is 0.0852. The van der Waals surface area contributed by atoms with Crippen molar-refractivity contribution in [2.45, 2.75) is 19.8 Å². The summed E-state index contributed by atoms with van der Waals surface area (Å²) in [7, 11) is 0. The molecule has 0 aliphatic heterocycles. The number of amides is 1. The first-order valence-corrected chi connectivity index (χ1v) is 7.31. The van der Waals surface area contributed by atoms with Gasteiger partial charge in [0.2, 0.25) is 5.91 Å². The minimum atomic E-state index is -0.183. The molecule has 1 aromatic carbocycles. The Morgan fingerprint density at radius 1 is 1.40 bits per heavy atom. The summed E-state index contributed by atoms with van der Waals surface area (Å²) in [4.78, 5) is 11.6. The molecule has 1 unspecified atom stereocenters. The molecule has 0 bridgehead atoms. The van der Waals surface area contributed by atoms with Gasteiger partial charge in [0.05, 0.1) is 0 Å². The van der Waals surface area contributed by atoms with E-state index in [2.05, 4.69) is 5.32 Å². The standard InChI is InChI=1S/C15H19Cl2NO2/c1-11(10-19)4-3-9-18-15(20)8-7-12-13(16)5-2-6-14(12)17/h2,5-8,11,19H,3-4,9-10H2,1H3,(H,18,20)/b8-7+. The third-order valence-electron chi connectivity index (χ3n) is 2.89. The lowest BCUT2D eigenvalue weighted by molar-refractivity contribution is -0.116. The van der Waals surface area contributed by atoms with Gasteiger partial charge in [-0.25, -0.2) is 0 Å². The molecule has 0 saturated heterocycles. The van der Waals surface area contributed by atoms with Gasteiger partial charge in [0.15, 0.2) is 0 Å². The van der Waals surface area contributed by atoms with Gasteiger partial charge in [0.1, 0.15) is 0 Å². The average Bonchev–Trinajstić information content (AvgIpc) is 2.42. The monoisotopic (exact) mass is 315 g/mol. The molecule has 5 heteroatoms. The normalized spacial score (nSPS) is 12.6. The van der Waals surface area contributed by atoms with Gasteiger partial charge in [-0.3, -0.25) is 4.79 Å². The molecular formula is C15H19Cl2NO2. The van der Waals surface area contributed by atoms with E-state index in [9.17, 15) is 4.79 Å². The van der Waals surface area contributed by atoms with Crippen LogP contribution in [-0.2, 0) is 4.79 Å². The second-order valence-corrected chi connectivity index (χ2v) is 5.50. The summed E-state index contributed by atoms with van der Waals surface area (Å²) in [6.07, 6.45) is 4.75.